The normalized spacial score (nSPS) is 11.0. The van der Waals surface area contributed by atoms with Gasteiger partial charge in [-0.05, 0) is 24.3 Å². The largest absolute Gasteiger partial charge is 0.496 e. The van der Waals surface area contributed by atoms with E-state index in [2.05, 4.69) is 15.1 Å². The number of benzene rings is 1. The molecule has 0 fully saturated rings. The topological polar surface area (TPSA) is 77.4 Å². The Hall–Kier alpha value is -3.35. The number of aromatic nitrogens is 3. The highest BCUT2D eigenvalue weighted by Crippen LogP contribution is 2.37. The molecule has 25 heavy (non-hydrogen) atoms. The fraction of sp³-hybridized carbons (Fsp3) is 0.167. The molecule has 1 aromatic carbocycles. The van der Waals surface area contributed by atoms with E-state index >= 15 is 0 Å². The zero-order chi connectivity index (χ0) is 17.2. The van der Waals surface area contributed by atoms with Crippen LogP contribution in [0.5, 0.6) is 5.75 Å². The first-order chi connectivity index (χ1) is 12.3. The maximum atomic E-state index is 5.45. The Balaban J connectivity index is 1.84. The molecule has 0 radical (unpaired) electrons. The minimum Gasteiger partial charge on any atom is -0.496 e. The van der Waals surface area contributed by atoms with Crippen LogP contribution in [0, 0.1) is 0 Å². The zero-order valence-corrected chi connectivity index (χ0v) is 13.8. The van der Waals surface area contributed by atoms with E-state index in [0.717, 1.165) is 16.7 Å². The van der Waals surface area contributed by atoms with Gasteiger partial charge in [0.25, 0.3) is 5.71 Å². The van der Waals surface area contributed by atoms with Gasteiger partial charge in [-0.25, -0.2) is 4.98 Å². The van der Waals surface area contributed by atoms with Crippen LogP contribution in [0.2, 0.25) is 0 Å². The molecular formula is C18H16N4O3. The molecule has 0 aliphatic heterocycles. The fourth-order valence-corrected chi connectivity index (χ4v) is 2.80. The first-order valence-electron chi connectivity index (χ1n) is 7.75. The van der Waals surface area contributed by atoms with Gasteiger partial charge in [0, 0.05) is 12.6 Å². The van der Waals surface area contributed by atoms with Crippen LogP contribution in [0.25, 0.3) is 22.4 Å². The van der Waals surface area contributed by atoms with Crippen LogP contribution >= 0.6 is 0 Å². The van der Waals surface area contributed by atoms with Gasteiger partial charge >= 0.3 is 0 Å². The first-order valence-corrected chi connectivity index (χ1v) is 7.75. The number of anilines is 1. The van der Waals surface area contributed by atoms with Crippen molar-refractivity contribution in [1.82, 2.24) is 15.1 Å². The molecule has 4 rings (SSSR count). The van der Waals surface area contributed by atoms with Crippen molar-refractivity contribution >= 4 is 16.9 Å². The second-order valence-corrected chi connectivity index (χ2v) is 5.54. The van der Waals surface area contributed by atoms with Crippen molar-refractivity contribution < 1.29 is 13.7 Å². The van der Waals surface area contributed by atoms with Gasteiger partial charge in [0.1, 0.15) is 34.7 Å². The van der Waals surface area contributed by atoms with Gasteiger partial charge < -0.3 is 18.6 Å². The molecule has 3 aromatic heterocycles. The number of hydrogen-bond donors (Lipinski definition) is 0. The van der Waals surface area contributed by atoms with Crippen molar-refractivity contribution in [3.8, 4) is 17.0 Å². The molecule has 0 N–H and O–H groups in total. The SMILES string of the molecule is COc1ccccc1-c1noc2ncnc(N(C)Cc3ccco3)c12. The van der Waals surface area contributed by atoms with Crippen molar-refractivity contribution in [2.24, 2.45) is 0 Å². The third kappa shape index (κ3) is 2.69. The minimum absolute atomic E-state index is 0.428. The van der Waals surface area contributed by atoms with Crippen LogP contribution in [0.4, 0.5) is 5.82 Å². The third-order valence-corrected chi connectivity index (χ3v) is 3.95. The van der Waals surface area contributed by atoms with Crippen LogP contribution in [0.1, 0.15) is 5.76 Å². The smallest absolute Gasteiger partial charge is 0.263 e. The van der Waals surface area contributed by atoms with Crippen LogP contribution in [-0.4, -0.2) is 29.3 Å². The Morgan fingerprint density at radius 3 is 2.80 bits per heavy atom. The molecule has 7 heteroatoms. The average molecular weight is 336 g/mol. The summed E-state index contributed by atoms with van der Waals surface area (Å²) < 4.78 is 16.3. The second kappa shape index (κ2) is 6.27. The molecule has 0 spiro atoms. The standard InChI is InChI=1S/C18H16N4O3/c1-22(10-12-6-5-9-24-12)17-15-16(21-25-18(15)20-11-19-17)13-7-3-4-8-14(13)23-2/h3-9,11H,10H2,1-2H3. The minimum atomic E-state index is 0.428. The van der Waals surface area contributed by atoms with E-state index in [4.69, 9.17) is 13.7 Å². The molecule has 4 aromatic rings. The van der Waals surface area contributed by atoms with E-state index in [1.165, 1.54) is 6.33 Å². The molecule has 3 heterocycles. The number of fused-ring (bicyclic) bond motifs is 1. The van der Waals surface area contributed by atoms with Crippen molar-refractivity contribution in [1.29, 1.82) is 0 Å². The quantitative estimate of drug-likeness (QED) is 0.552. The summed E-state index contributed by atoms with van der Waals surface area (Å²) in [7, 11) is 3.56. The Morgan fingerprint density at radius 1 is 1.12 bits per heavy atom. The summed E-state index contributed by atoms with van der Waals surface area (Å²) in [5, 5.41) is 4.94. The highest BCUT2D eigenvalue weighted by Gasteiger charge is 2.21. The molecular weight excluding hydrogens is 320 g/mol. The summed E-state index contributed by atoms with van der Waals surface area (Å²) in [4.78, 5) is 10.6. The van der Waals surface area contributed by atoms with Gasteiger partial charge in [-0.2, -0.15) is 4.98 Å². The molecule has 7 nitrogen and oxygen atoms in total. The summed E-state index contributed by atoms with van der Waals surface area (Å²) in [5.41, 5.74) is 1.90. The molecule has 0 aliphatic carbocycles. The van der Waals surface area contributed by atoms with E-state index in [0.29, 0.717) is 29.5 Å². The van der Waals surface area contributed by atoms with Crippen molar-refractivity contribution in [3.63, 3.8) is 0 Å². The van der Waals surface area contributed by atoms with E-state index < -0.39 is 0 Å². The molecule has 0 amide bonds. The third-order valence-electron chi connectivity index (χ3n) is 3.95. The number of ether oxygens (including phenoxy) is 1. The number of nitrogens with zero attached hydrogens (tertiary/aromatic N) is 4. The van der Waals surface area contributed by atoms with Crippen LogP contribution in [0.3, 0.4) is 0 Å². The number of para-hydroxylation sites is 1. The van der Waals surface area contributed by atoms with E-state index in [1.54, 1.807) is 13.4 Å². The fourth-order valence-electron chi connectivity index (χ4n) is 2.80. The van der Waals surface area contributed by atoms with Gasteiger partial charge in [0.05, 0.1) is 19.9 Å². The predicted molar refractivity (Wildman–Crippen MR) is 92.4 cm³/mol. The molecule has 0 bridgehead atoms. The second-order valence-electron chi connectivity index (χ2n) is 5.54. The van der Waals surface area contributed by atoms with E-state index in [1.807, 2.05) is 48.3 Å². The lowest BCUT2D eigenvalue weighted by Crippen LogP contribution is -2.17. The lowest BCUT2D eigenvalue weighted by atomic mass is 10.1. The van der Waals surface area contributed by atoms with Gasteiger partial charge in [0.15, 0.2) is 0 Å². The maximum Gasteiger partial charge on any atom is 0.263 e. The molecule has 0 atom stereocenters. The Kier molecular flexibility index (Phi) is 3.81. The van der Waals surface area contributed by atoms with Crippen molar-refractivity contribution in [2.45, 2.75) is 6.54 Å². The first kappa shape index (κ1) is 15.2. The molecule has 0 saturated heterocycles. The number of hydrogen-bond acceptors (Lipinski definition) is 7. The van der Waals surface area contributed by atoms with Gasteiger partial charge in [0.2, 0.25) is 0 Å². The summed E-state index contributed by atoms with van der Waals surface area (Å²) in [6, 6.07) is 11.4. The lowest BCUT2D eigenvalue weighted by molar-refractivity contribution is 0.414. The monoisotopic (exact) mass is 336 g/mol. The summed E-state index contributed by atoms with van der Waals surface area (Å²) in [6.45, 7) is 0.565. The van der Waals surface area contributed by atoms with Crippen LogP contribution in [0.15, 0.2) is 57.9 Å². The highest BCUT2D eigenvalue weighted by molar-refractivity contribution is 5.98. The maximum absolute atomic E-state index is 5.45. The molecule has 0 aliphatic rings. The average Bonchev–Trinajstić information content (AvgIpc) is 3.30. The van der Waals surface area contributed by atoms with E-state index in [-0.39, 0.29) is 0 Å². The molecule has 0 saturated carbocycles. The summed E-state index contributed by atoms with van der Waals surface area (Å²) in [6.07, 6.45) is 3.12. The summed E-state index contributed by atoms with van der Waals surface area (Å²) >= 11 is 0. The number of rotatable bonds is 5. The lowest BCUT2D eigenvalue weighted by Gasteiger charge is -2.17. The zero-order valence-electron chi connectivity index (χ0n) is 13.8. The van der Waals surface area contributed by atoms with Gasteiger partial charge in [-0.1, -0.05) is 17.3 Å². The Bertz CT molecular complexity index is 995. The van der Waals surface area contributed by atoms with Crippen molar-refractivity contribution in [2.75, 3.05) is 19.1 Å². The Morgan fingerprint density at radius 2 is 2.00 bits per heavy atom. The Labute approximate surface area is 143 Å². The van der Waals surface area contributed by atoms with Crippen LogP contribution in [-0.2, 0) is 6.54 Å². The number of methoxy groups -OCH3 is 1. The summed E-state index contributed by atoms with van der Waals surface area (Å²) in [5.74, 6) is 2.26. The van der Waals surface area contributed by atoms with E-state index in [9.17, 15) is 0 Å². The van der Waals surface area contributed by atoms with Crippen LogP contribution < -0.4 is 9.64 Å². The molecule has 126 valence electrons. The predicted octanol–water partition coefficient (Wildman–Crippen LogP) is 3.52. The number of furan rings is 1. The van der Waals surface area contributed by atoms with Gasteiger partial charge in [-0.3, -0.25) is 0 Å². The highest BCUT2D eigenvalue weighted by atomic mass is 16.5. The van der Waals surface area contributed by atoms with Gasteiger partial charge in [-0.15, -0.1) is 0 Å². The van der Waals surface area contributed by atoms with Crippen molar-refractivity contribution in [3.05, 3.63) is 54.7 Å². The molecule has 0 unspecified atom stereocenters.